The molecule has 0 unspecified atom stereocenters. The Morgan fingerprint density at radius 2 is 1.72 bits per heavy atom. The molecule has 0 spiro atoms. The van der Waals surface area contributed by atoms with Crippen LogP contribution in [0.5, 0.6) is 0 Å². The Morgan fingerprint density at radius 1 is 1.08 bits per heavy atom. The van der Waals surface area contributed by atoms with Gasteiger partial charge in [-0.1, -0.05) is 58.0 Å². The monoisotopic (exact) mass is 366 g/mol. The topological polar surface area (TPSA) is 44.8 Å². The SMILES string of the molecule is CCO[Si](O[C@H](CC=O)CCOCc1ccccc1)(C(C)C)C(C)C. The summed E-state index contributed by atoms with van der Waals surface area (Å²) in [4.78, 5) is 11.1. The molecule has 1 aromatic carbocycles. The third-order valence-corrected chi connectivity index (χ3v) is 9.05. The van der Waals surface area contributed by atoms with E-state index in [1.165, 1.54) is 0 Å². The highest BCUT2D eigenvalue weighted by Gasteiger charge is 2.46. The lowest BCUT2D eigenvalue weighted by Crippen LogP contribution is -2.51. The van der Waals surface area contributed by atoms with E-state index in [1.807, 2.05) is 37.3 Å². The van der Waals surface area contributed by atoms with Gasteiger partial charge in [-0.05, 0) is 30.0 Å². The zero-order valence-corrected chi connectivity index (χ0v) is 17.4. The van der Waals surface area contributed by atoms with Gasteiger partial charge < -0.3 is 18.4 Å². The van der Waals surface area contributed by atoms with Crippen molar-refractivity contribution in [3.63, 3.8) is 0 Å². The van der Waals surface area contributed by atoms with E-state index < -0.39 is 8.56 Å². The molecule has 0 aliphatic rings. The Bertz CT molecular complexity index is 468. The van der Waals surface area contributed by atoms with E-state index >= 15 is 0 Å². The highest BCUT2D eigenvalue weighted by atomic mass is 28.4. The van der Waals surface area contributed by atoms with Crippen molar-refractivity contribution < 1.29 is 18.4 Å². The number of carbonyl (C=O) groups is 1. The molecule has 0 aromatic heterocycles. The molecule has 0 fully saturated rings. The molecule has 0 aliphatic carbocycles. The lowest BCUT2D eigenvalue weighted by Gasteiger charge is -2.39. The summed E-state index contributed by atoms with van der Waals surface area (Å²) in [6.07, 6.45) is 1.88. The van der Waals surface area contributed by atoms with E-state index in [0.29, 0.717) is 43.7 Å². The average molecular weight is 367 g/mol. The molecular formula is C20H34O4Si. The summed E-state index contributed by atoms with van der Waals surface area (Å²) in [6, 6.07) is 10.1. The van der Waals surface area contributed by atoms with Crippen LogP contribution in [0, 0.1) is 0 Å². The van der Waals surface area contributed by atoms with Gasteiger partial charge in [-0.15, -0.1) is 0 Å². The van der Waals surface area contributed by atoms with Gasteiger partial charge in [0, 0.05) is 19.6 Å². The Labute approximate surface area is 154 Å². The van der Waals surface area contributed by atoms with Crippen molar-refractivity contribution in [1.82, 2.24) is 0 Å². The second kappa shape index (κ2) is 11.6. The normalized spacial score (nSPS) is 13.4. The van der Waals surface area contributed by atoms with Crippen LogP contribution in [0.4, 0.5) is 0 Å². The minimum atomic E-state index is -2.39. The zero-order chi connectivity index (χ0) is 18.7. The third kappa shape index (κ3) is 7.02. The molecule has 0 N–H and O–H groups in total. The lowest BCUT2D eigenvalue weighted by molar-refractivity contribution is -0.109. The van der Waals surface area contributed by atoms with Crippen LogP contribution in [-0.2, 0) is 25.0 Å². The molecule has 1 atom stereocenters. The van der Waals surface area contributed by atoms with Gasteiger partial charge in [0.1, 0.15) is 6.29 Å². The number of ether oxygens (including phenoxy) is 1. The van der Waals surface area contributed by atoms with Gasteiger partial charge in [-0.2, -0.15) is 0 Å². The number of hydrogen-bond acceptors (Lipinski definition) is 4. The molecule has 0 saturated carbocycles. The summed E-state index contributed by atoms with van der Waals surface area (Å²) in [5.41, 5.74) is 1.80. The molecule has 0 aliphatic heterocycles. The van der Waals surface area contributed by atoms with E-state index in [4.69, 9.17) is 13.6 Å². The first-order valence-corrected chi connectivity index (χ1v) is 11.3. The van der Waals surface area contributed by atoms with Crippen molar-refractivity contribution in [1.29, 1.82) is 0 Å². The molecule has 0 saturated heterocycles. The maximum Gasteiger partial charge on any atom is 0.343 e. The fourth-order valence-corrected chi connectivity index (χ4v) is 6.90. The molecule has 0 amide bonds. The molecule has 0 heterocycles. The summed E-state index contributed by atoms with van der Waals surface area (Å²) in [5, 5.41) is 0. The van der Waals surface area contributed by atoms with Gasteiger partial charge >= 0.3 is 8.56 Å². The fourth-order valence-electron chi connectivity index (χ4n) is 3.10. The van der Waals surface area contributed by atoms with Crippen LogP contribution < -0.4 is 0 Å². The van der Waals surface area contributed by atoms with Crippen LogP contribution in [0.2, 0.25) is 11.1 Å². The average Bonchev–Trinajstić information content (AvgIpc) is 2.58. The van der Waals surface area contributed by atoms with Gasteiger partial charge in [0.25, 0.3) is 0 Å². The molecule has 1 rings (SSSR count). The molecule has 25 heavy (non-hydrogen) atoms. The first kappa shape index (κ1) is 22.0. The molecule has 0 bridgehead atoms. The van der Waals surface area contributed by atoms with Crippen LogP contribution in [-0.4, -0.2) is 34.2 Å². The summed E-state index contributed by atoms with van der Waals surface area (Å²) in [7, 11) is -2.39. The Balaban J connectivity index is 2.62. The van der Waals surface area contributed by atoms with Crippen molar-refractivity contribution in [3.05, 3.63) is 35.9 Å². The van der Waals surface area contributed by atoms with Gasteiger partial charge in [-0.3, -0.25) is 0 Å². The smallest absolute Gasteiger partial charge is 0.343 e. The number of rotatable bonds is 13. The van der Waals surface area contributed by atoms with Gasteiger partial charge in [-0.25, -0.2) is 0 Å². The quantitative estimate of drug-likeness (QED) is 0.284. The van der Waals surface area contributed by atoms with Crippen molar-refractivity contribution in [3.8, 4) is 0 Å². The van der Waals surface area contributed by atoms with Crippen LogP contribution in [0.1, 0.15) is 53.0 Å². The second-order valence-corrected chi connectivity index (χ2v) is 11.2. The third-order valence-electron chi connectivity index (χ3n) is 4.39. The van der Waals surface area contributed by atoms with Gasteiger partial charge in [0.2, 0.25) is 0 Å². The lowest BCUT2D eigenvalue weighted by atomic mass is 10.2. The first-order valence-electron chi connectivity index (χ1n) is 9.33. The van der Waals surface area contributed by atoms with E-state index in [9.17, 15) is 4.79 Å². The molecule has 5 heteroatoms. The molecule has 142 valence electrons. The maximum atomic E-state index is 11.1. The molecule has 1 aromatic rings. The summed E-state index contributed by atoms with van der Waals surface area (Å²) < 4.78 is 18.4. The first-order chi connectivity index (χ1) is 12.0. The fraction of sp³-hybridized carbons (Fsp3) is 0.650. The summed E-state index contributed by atoms with van der Waals surface area (Å²) in [6.45, 7) is 12.4. The number of benzene rings is 1. The van der Waals surface area contributed by atoms with E-state index in [0.717, 1.165) is 11.8 Å². The van der Waals surface area contributed by atoms with Gasteiger partial charge in [0.15, 0.2) is 0 Å². The molecule has 0 radical (unpaired) electrons. The van der Waals surface area contributed by atoms with Gasteiger partial charge in [0.05, 0.1) is 12.7 Å². The van der Waals surface area contributed by atoms with Crippen LogP contribution in [0.3, 0.4) is 0 Å². The highest BCUT2D eigenvalue weighted by molar-refractivity contribution is 6.70. The summed E-state index contributed by atoms with van der Waals surface area (Å²) >= 11 is 0. The van der Waals surface area contributed by atoms with Crippen LogP contribution >= 0.6 is 0 Å². The second-order valence-electron chi connectivity index (χ2n) is 6.93. The van der Waals surface area contributed by atoms with Crippen molar-refractivity contribution in [2.75, 3.05) is 13.2 Å². The Morgan fingerprint density at radius 3 is 2.24 bits per heavy atom. The maximum absolute atomic E-state index is 11.1. The predicted molar refractivity (Wildman–Crippen MR) is 104 cm³/mol. The zero-order valence-electron chi connectivity index (χ0n) is 16.4. The highest BCUT2D eigenvalue weighted by Crippen LogP contribution is 2.36. The van der Waals surface area contributed by atoms with E-state index in [2.05, 4.69) is 27.7 Å². The Kier molecular flexibility index (Phi) is 10.2. The summed E-state index contributed by atoms with van der Waals surface area (Å²) in [5.74, 6) is 0. The minimum absolute atomic E-state index is 0.142. The van der Waals surface area contributed by atoms with Crippen molar-refractivity contribution in [2.24, 2.45) is 0 Å². The van der Waals surface area contributed by atoms with E-state index in [1.54, 1.807) is 0 Å². The minimum Gasteiger partial charge on any atom is -0.394 e. The Hall–Kier alpha value is -1.01. The molecular weight excluding hydrogens is 332 g/mol. The predicted octanol–water partition coefficient (Wildman–Crippen LogP) is 4.87. The molecule has 4 nitrogen and oxygen atoms in total. The van der Waals surface area contributed by atoms with E-state index in [-0.39, 0.29) is 6.10 Å². The van der Waals surface area contributed by atoms with Crippen LogP contribution in [0.25, 0.3) is 0 Å². The number of aldehydes is 1. The van der Waals surface area contributed by atoms with Crippen LogP contribution in [0.15, 0.2) is 30.3 Å². The number of carbonyl (C=O) groups excluding carboxylic acids is 1. The van der Waals surface area contributed by atoms with Crippen molar-refractivity contribution in [2.45, 2.75) is 71.3 Å². The standard InChI is InChI=1S/C20H34O4Si/c1-6-23-25(17(2)3,18(4)5)24-20(12-14-21)13-15-22-16-19-10-8-7-9-11-19/h7-11,14,17-18,20H,6,12-13,15-16H2,1-5H3/t20-/m1/s1. The number of hydrogen-bond donors (Lipinski definition) is 0. The largest absolute Gasteiger partial charge is 0.394 e. The van der Waals surface area contributed by atoms with Crippen molar-refractivity contribution >= 4 is 14.8 Å².